The summed E-state index contributed by atoms with van der Waals surface area (Å²) in [6, 6.07) is 14.0. The molecule has 0 spiro atoms. The maximum Gasteiger partial charge on any atom is 0.416 e. The van der Waals surface area contributed by atoms with Crippen LogP contribution in [0.5, 0.6) is 6.01 Å². The van der Waals surface area contributed by atoms with Gasteiger partial charge in [-0.25, -0.2) is 4.98 Å². The lowest BCUT2D eigenvalue weighted by molar-refractivity contribution is -0.143. The molecule has 254 valence electrons. The molecule has 0 unspecified atom stereocenters. The number of carbonyl (C=O) groups excluding carboxylic acids is 1. The van der Waals surface area contributed by atoms with Crippen LogP contribution in [0.15, 0.2) is 66.9 Å². The third kappa shape index (κ3) is 10.6. The Morgan fingerprint density at radius 3 is 1.96 bits per heavy atom. The van der Waals surface area contributed by atoms with Gasteiger partial charge in [-0.1, -0.05) is 42.5 Å². The normalized spacial score (nSPS) is 11.9. The maximum absolute atomic E-state index is 13.7. The van der Waals surface area contributed by atoms with Crippen molar-refractivity contribution >= 4 is 16.7 Å². The number of aliphatic hydroxyl groups excluding tert-OH is 1. The average molecular weight is 666 g/mol. The summed E-state index contributed by atoms with van der Waals surface area (Å²) in [4.78, 5) is 27.1. The van der Waals surface area contributed by atoms with E-state index >= 15 is 0 Å². The molecule has 1 aromatic heterocycles. The first-order valence-electron chi connectivity index (χ1n) is 14.4. The molecule has 0 aliphatic rings. The summed E-state index contributed by atoms with van der Waals surface area (Å²) in [6.07, 6.45) is -8.59. The lowest BCUT2D eigenvalue weighted by atomic mass is 9.97. The van der Waals surface area contributed by atoms with Crippen molar-refractivity contribution in [1.29, 1.82) is 0 Å². The van der Waals surface area contributed by atoms with Gasteiger partial charge in [0.15, 0.2) is 0 Å². The van der Waals surface area contributed by atoms with Crippen molar-refractivity contribution in [3.05, 3.63) is 89.2 Å². The maximum atomic E-state index is 13.7. The Balaban J connectivity index is 0.000000913. The van der Waals surface area contributed by atoms with E-state index in [-0.39, 0.29) is 36.5 Å². The highest BCUT2D eigenvalue weighted by atomic mass is 19.4. The van der Waals surface area contributed by atoms with Crippen LogP contribution in [0.1, 0.15) is 27.2 Å². The fourth-order valence-corrected chi connectivity index (χ4v) is 4.41. The molecule has 1 N–H and O–H groups in total. The monoisotopic (exact) mass is 665 g/mol. The van der Waals surface area contributed by atoms with Gasteiger partial charge in [0.25, 0.3) is 5.91 Å². The molecular weight excluding hydrogens is 628 g/mol. The molecule has 1 amide bonds. The van der Waals surface area contributed by atoms with Crippen LogP contribution in [0.3, 0.4) is 0 Å². The minimum absolute atomic E-state index is 0.0473. The summed E-state index contributed by atoms with van der Waals surface area (Å²) < 4.78 is 85.9. The molecule has 4 aromatic rings. The van der Waals surface area contributed by atoms with Crippen molar-refractivity contribution in [2.75, 3.05) is 61.5 Å². The molecular formula is C33H37F6N5O3. The number of carbonyl (C=O) groups is 1. The molecule has 0 radical (unpaired) electrons. The van der Waals surface area contributed by atoms with E-state index < -0.39 is 35.9 Å². The molecule has 0 saturated carbocycles. The smallest absolute Gasteiger partial charge is 0.416 e. The van der Waals surface area contributed by atoms with Crippen molar-refractivity contribution in [3.8, 4) is 17.1 Å². The van der Waals surface area contributed by atoms with Crippen LogP contribution in [-0.2, 0) is 18.9 Å². The number of ether oxygens (including phenoxy) is 1. The van der Waals surface area contributed by atoms with E-state index in [0.717, 1.165) is 22.2 Å². The minimum atomic E-state index is -5.01. The van der Waals surface area contributed by atoms with E-state index in [1.807, 2.05) is 68.3 Å². The van der Waals surface area contributed by atoms with Crippen LogP contribution in [0.25, 0.3) is 21.9 Å². The SMILES string of the molecule is CN(C)CCO.CN(C)CCOc1ncc(-c2cccc3ccccc23)c(C(=O)N(C)Cc2cc(C(F)(F)F)cc(C(F)(F)F)c2)n1. The number of halogens is 6. The van der Waals surface area contributed by atoms with Gasteiger partial charge in [-0.2, -0.15) is 31.3 Å². The first-order chi connectivity index (χ1) is 22.0. The molecule has 0 fully saturated rings. The lowest BCUT2D eigenvalue weighted by Gasteiger charge is -2.21. The Labute approximate surface area is 269 Å². The van der Waals surface area contributed by atoms with Crippen LogP contribution >= 0.6 is 0 Å². The number of amides is 1. The topological polar surface area (TPSA) is 82.0 Å². The molecule has 0 bridgehead atoms. The average Bonchev–Trinajstić information content (AvgIpc) is 2.99. The van der Waals surface area contributed by atoms with Crippen LogP contribution in [0.4, 0.5) is 26.3 Å². The molecule has 47 heavy (non-hydrogen) atoms. The van der Waals surface area contributed by atoms with Crippen LogP contribution in [0, 0.1) is 0 Å². The molecule has 0 saturated heterocycles. The summed E-state index contributed by atoms with van der Waals surface area (Å²) >= 11 is 0. The zero-order chi connectivity index (χ0) is 34.9. The van der Waals surface area contributed by atoms with Gasteiger partial charge in [-0.15, -0.1) is 0 Å². The summed E-state index contributed by atoms with van der Waals surface area (Å²) in [5, 5.41) is 9.87. The van der Waals surface area contributed by atoms with Gasteiger partial charge in [-0.05, 0) is 68.3 Å². The number of alkyl halides is 6. The Morgan fingerprint density at radius 1 is 0.809 bits per heavy atom. The Bertz CT molecular complexity index is 1610. The fraction of sp³-hybridized carbons (Fsp3) is 0.364. The Morgan fingerprint density at radius 2 is 1.40 bits per heavy atom. The van der Waals surface area contributed by atoms with Gasteiger partial charge in [0.2, 0.25) is 0 Å². The number of fused-ring (bicyclic) bond motifs is 1. The van der Waals surface area contributed by atoms with E-state index in [4.69, 9.17) is 9.84 Å². The predicted molar refractivity (Wildman–Crippen MR) is 167 cm³/mol. The number of aliphatic hydroxyl groups is 1. The van der Waals surface area contributed by atoms with E-state index in [1.165, 1.54) is 13.2 Å². The molecule has 1 heterocycles. The van der Waals surface area contributed by atoms with Gasteiger partial charge in [0, 0.05) is 38.4 Å². The quantitative estimate of drug-likeness (QED) is 0.206. The summed E-state index contributed by atoms with van der Waals surface area (Å²) in [6.45, 7) is 1.23. The number of benzene rings is 3. The van der Waals surface area contributed by atoms with Crippen molar-refractivity contribution in [2.24, 2.45) is 0 Å². The zero-order valence-electron chi connectivity index (χ0n) is 26.7. The second kappa shape index (κ2) is 16.0. The summed E-state index contributed by atoms with van der Waals surface area (Å²) in [5.74, 6) is -0.737. The van der Waals surface area contributed by atoms with E-state index in [9.17, 15) is 31.1 Å². The molecule has 14 heteroatoms. The highest BCUT2D eigenvalue weighted by molar-refractivity contribution is 6.04. The standard InChI is InChI=1S/C29H26F6N4O2.C4H11NO/c1-38(2)11-12-41-27-36-16-24(23-10-6-8-19-7-4-5-9-22(19)23)25(37-27)26(40)39(3)17-18-13-20(28(30,31)32)15-21(14-18)29(33,34)35;1-5(2)3-4-6/h4-10,13-16H,11-12,17H2,1-3H3;6H,3-4H2,1-2H3. The van der Waals surface area contributed by atoms with E-state index in [1.54, 1.807) is 12.1 Å². The highest BCUT2D eigenvalue weighted by Gasteiger charge is 2.37. The van der Waals surface area contributed by atoms with Gasteiger partial charge in [0.05, 0.1) is 17.7 Å². The summed E-state index contributed by atoms with van der Waals surface area (Å²) in [5.41, 5.74) is -2.42. The fourth-order valence-electron chi connectivity index (χ4n) is 4.41. The van der Waals surface area contributed by atoms with Crippen LogP contribution < -0.4 is 4.74 Å². The van der Waals surface area contributed by atoms with E-state index in [0.29, 0.717) is 29.8 Å². The number of hydrogen-bond donors (Lipinski definition) is 1. The number of rotatable bonds is 10. The van der Waals surface area contributed by atoms with Gasteiger partial charge >= 0.3 is 18.4 Å². The number of aromatic nitrogens is 2. The third-order valence-electron chi connectivity index (χ3n) is 6.78. The molecule has 3 aromatic carbocycles. The number of nitrogens with zero attached hydrogens (tertiary/aromatic N) is 5. The van der Waals surface area contributed by atoms with Crippen molar-refractivity contribution in [1.82, 2.24) is 24.7 Å². The van der Waals surface area contributed by atoms with Gasteiger partial charge in [0.1, 0.15) is 12.3 Å². The lowest BCUT2D eigenvalue weighted by Crippen LogP contribution is -2.28. The van der Waals surface area contributed by atoms with Gasteiger partial charge < -0.3 is 24.5 Å². The Kier molecular flexibility index (Phi) is 12.7. The second-order valence-corrected chi connectivity index (χ2v) is 11.2. The Hall–Kier alpha value is -4.27. The first kappa shape index (κ1) is 37.2. The highest BCUT2D eigenvalue weighted by Crippen LogP contribution is 2.37. The predicted octanol–water partition coefficient (Wildman–Crippen LogP) is 6.09. The van der Waals surface area contributed by atoms with Crippen molar-refractivity contribution in [3.63, 3.8) is 0 Å². The number of hydrogen-bond acceptors (Lipinski definition) is 7. The minimum Gasteiger partial charge on any atom is -0.462 e. The number of likely N-dealkylation sites (N-methyl/N-ethyl adjacent to an activating group) is 2. The van der Waals surface area contributed by atoms with E-state index in [2.05, 4.69) is 9.97 Å². The van der Waals surface area contributed by atoms with Crippen molar-refractivity contribution in [2.45, 2.75) is 18.9 Å². The van der Waals surface area contributed by atoms with Crippen LogP contribution in [-0.4, -0.2) is 97.2 Å². The van der Waals surface area contributed by atoms with Crippen molar-refractivity contribution < 1.29 is 41.0 Å². The molecule has 8 nitrogen and oxygen atoms in total. The largest absolute Gasteiger partial charge is 0.462 e. The molecule has 4 rings (SSSR count). The van der Waals surface area contributed by atoms with Crippen LogP contribution in [0.2, 0.25) is 0 Å². The third-order valence-corrected chi connectivity index (χ3v) is 6.78. The second-order valence-electron chi connectivity index (χ2n) is 11.2. The first-order valence-corrected chi connectivity index (χ1v) is 14.4. The zero-order valence-corrected chi connectivity index (χ0v) is 26.7. The van der Waals surface area contributed by atoms with Gasteiger partial charge in [-0.3, -0.25) is 4.79 Å². The molecule has 0 atom stereocenters. The molecule has 0 aliphatic heterocycles. The molecule has 0 aliphatic carbocycles. The summed E-state index contributed by atoms with van der Waals surface area (Å²) in [7, 11) is 8.81.